The molecule has 0 amide bonds. The number of rotatable bonds is 35. The van der Waals surface area contributed by atoms with Gasteiger partial charge in [-0.25, -0.2) is 4.57 Å². The zero-order valence-corrected chi connectivity index (χ0v) is 38.0. The van der Waals surface area contributed by atoms with Crippen LogP contribution in [-0.4, -0.2) is 111 Å². The van der Waals surface area contributed by atoms with Gasteiger partial charge < -0.3 is 44.6 Å². The van der Waals surface area contributed by atoms with Crippen LogP contribution in [0.5, 0.6) is 0 Å². The second kappa shape index (κ2) is 33.7. The van der Waals surface area contributed by atoms with E-state index in [1.807, 2.05) is 12.2 Å². The number of aliphatic hydroxyl groups is 5. The van der Waals surface area contributed by atoms with Gasteiger partial charge in [0, 0.05) is 12.8 Å². The van der Waals surface area contributed by atoms with Gasteiger partial charge >= 0.3 is 19.8 Å². The van der Waals surface area contributed by atoms with Crippen molar-refractivity contribution in [2.24, 2.45) is 0 Å². The van der Waals surface area contributed by atoms with E-state index in [2.05, 4.69) is 74.6 Å². The van der Waals surface area contributed by atoms with Gasteiger partial charge in [-0.15, -0.1) is 0 Å². The largest absolute Gasteiger partial charge is 0.472 e. The van der Waals surface area contributed by atoms with Crippen LogP contribution >= 0.6 is 7.82 Å². The number of ether oxygens (including phenoxy) is 3. The lowest BCUT2D eigenvalue weighted by Crippen LogP contribution is -2.64. The Morgan fingerprint density at radius 2 is 1.06 bits per heavy atom. The molecule has 0 aromatic rings. The maximum Gasteiger partial charge on any atom is 0.472 e. The summed E-state index contributed by atoms with van der Waals surface area (Å²) in [6.07, 6.45) is 30.0. The standard InChI is InChI=1S/C47H77O14P/c1-3-5-7-8-9-10-11-12-13-14-15-19-22-25-29-33-40(48)57-35-37(36-58-62(55,56)61-47-45(53)43(51)42(50)44(52)46(47)54)59-41(49)34-30-26-23-20-17-16-18-21-24-28-32-39-38(60-39)31-27-6-4-2/h9-10,12-13,15-16,18-20,23-24,28,37-39,42-47,50-54H,3-8,11,14,17,21-22,25-27,29-36H2,1-2H3,(H,55,56)/b10-9-,13-12-,18-16-,19-15-,23-20-,28-24-/t37-,38?,39?,42?,43-,44+,45-,46-,47?/m1/s1. The molecule has 1 aliphatic heterocycles. The summed E-state index contributed by atoms with van der Waals surface area (Å²) in [6, 6.07) is 0. The number of hydrogen-bond acceptors (Lipinski definition) is 13. The van der Waals surface area contributed by atoms with E-state index in [-0.39, 0.29) is 12.8 Å². The Bertz CT molecular complexity index is 1430. The van der Waals surface area contributed by atoms with Gasteiger partial charge in [0.15, 0.2) is 6.10 Å². The summed E-state index contributed by atoms with van der Waals surface area (Å²) in [5.74, 6) is -1.22. The van der Waals surface area contributed by atoms with E-state index in [0.29, 0.717) is 31.5 Å². The molecule has 1 saturated heterocycles. The number of hydrogen-bond donors (Lipinski definition) is 6. The van der Waals surface area contributed by atoms with Crippen molar-refractivity contribution in [2.75, 3.05) is 13.2 Å². The molecule has 0 aromatic heterocycles. The summed E-state index contributed by atoms with van der Waals surface area (Å²) in [5, 5.41) is 50.1. The molecule has 1 saturated carbocycles. The van der Waals surface area contributed by atoms with Gasteiger partial charge in [-0.2, -0.15) is 0 Å². The molecule has 354 valence electrons. The number of carbonyl (C=O) groups is 2. The quantitative estimate of drug-likeness (QED) is 0.0118. The lowest BCUT2D eigenvalue weighted by molar-refractivity contribution is -0.220. The fourth-order valence-corrected chi connectivity index (χ4v) is 7.59. The molecule has 2 rings (SSSR count). The molecule has 0 bridgehead atoms. The van der Waals surface area contributed by atoms with Gasteiger partial charge in [-0.05, 0) is 83.5 Å². The van der Waals surface area contributed by atoms with E-state index in [1.54, 1.807) is 0 Å². The number of esters is 2. The topological polar surface area (TPSA) is 222 Å². The molecule has 0 spiro atoms. The highest BCUT2D eigenvalue weighted by Crippen LogP contribution is 2.47. The summed E-state index contributed by atoms with van der Waals surface area (Å²) < 4.78 is 39.1. The van der Waals surface area contributed by atoms with Crippen LogP contribution in [0.1, 0.15) is 142 Å². The zero-order valence-electron chi connectivity index (χ0n) is 37.1. The number of aliphatic hydroxyl groups excluding tert-OH is 5. The average molecular weight is 897 g/mol. The summed E-state index contributed by atoms with van der Waals surface area (Å²) in [4.78, 5) is 35.7. The first-order chi connectivity index (χ1) is 29.9. The lowest BCUT2D eigenvalue weighted by Gasteiger charge is -2.41. The van der Waals surface area contributed by atoms with E-state index in [9.17, 15) is 44.6 Å². The van der Waals surface area contributed by atoms with Crippen molar-refractivity contribution in [1.29, 1.82) is 0 Å². The van der Waals surface area contributed by atoms with E-state index < -0.39 is 75.7 Å². The number of phosphoric acid groups is 1. The Hall–Kier alpha value is -2.75. The van der Waals surface area contributed by atoms with Crippen molar-refractivity contribution in [3.8, 4) is 0 Å². The molecule has 1 heterocycles. The molecule has 5 unspecified atom stereocenters. The monoisotopic (exact) mass is 897 g/mol. The third kappa shape index (κ3) is 25.5. The first-order valence-electron chi connectivity index (χ1n) is 22.9. The number of unbranched alkanes of at least 4 members (excludes halogenated alkanes) is 8. The molecule has 1 aliphatic carbocycles. The van der Waals surface area contributed by atoms with Crippen LogP contribution in [0.2, 0.25) is 0 Å². The van der Waals surface area contributed by atoms with Crippen LogP contribution < -0.4 is 0 Å². The number of phosphoric ester groups is 1. The fourth-order valence-electron chi connectivity index (χ4n) is 6.61. The van der Waals surface area contributed by atoms with Crippen molar-refractivity contribution in [2.45, 2.75) is 197 Å². The maximum atomic E-state index is 12.8. The highest BCUT2D eigenvalue weighted by atomic mass is 31.2. The molecule has 14 nitrogen and oxygen atoms in total. The zero-order chi connectivity index (χ0) is 45.4. The van der Waals surface area contributed by atoms with Crippen molar-refractivity contribution in [3.05, 3.63) is 72.9 Å². The average Bonchev–Trinajstić information content (AvgIpc) is 4.01. The van der Waals surface area contributed by atoms with E-state index in [4.69, 9.17) is 23.3 Å². The predicted molar refractivity (Wildman–Crippen MR) is 239 cm³/mol. The van der Waals surface area contributed by atoms with E-state index >= 15 is 0 Å². The summed E-state index contributed by atoms with van der Waals surface area (Å²) in [5.41, 5.74) is 0. The normalized spacial score (nSPS) is 25.8. The summed E-state index contributed by atoms with van der Waals surface area (Å²) >= 11 is 0. The Kier molecular flexibility index (Phi) is 30.1. The maximum absolute atomic E-state index is 12.8. The molecular formula is C47H77O14P. The highest BCUT2D eigenvalue weighted by molar-refractivity contribution is 7.47. The Balaban J connectivity index is 1.76. The summed E-state index contributed by atoms with van der Waals surface area (Å²) in [7, 11) is -5.15. The van der Waals surface area contributed by atoms with Crippen molar-refractivity contribution in [1.82, 2.24) is 0 Å². The number of allylic oxidation sites excluding steroid dienone is 11. The lowest BCUT2D eigenvalue weighted by atomic mass is 9.85. The molecule has 62 heavy (non-hydrogen) atoms. The molecule has 0 radical (unpaired) electrons. The molecule has 15 heteroatoms. The molecule has 2 aliphatic rings. The highest BCUT2D eigenvalue weighted by Gasteiger charge is 2.51. The van der Waals surface area contributed by atoms with Crippen LogP contribution in [-0.2, 0) is 37.4 Å². The minimum absolute atomic E-state index is 0.00488. The Morgan fingerprint density at radius 1 is 0.581 bits per heavy atom. The predicted octanol–water partition coefficient (Wildman–Crippen LogP) is 7.71. The van der Waals surface area contributed by atoms with E-state index in [0.717, 1.165) is 57.8 Å². The first-order valence-corrected chi connectivity index (χ1v) is 24.4. The summed E-state index contributed by atoms with van der Waals surface area (Å²) in [6.45, 7) is 3.14. The van der Waals surface area contributed by atoms with Crippen molar-refractivity contribution < 1.29 is 67.8 Å². The molecule has 6 N–H and O–H groups in total. The van der Waals surface area contributed by atoms with Gasteiger partial charge in [-0.1, -0.05) is 119 Å². The van der Waals surface area contributed by atoms with Crippen LogP contribution in [0.4, 0.5) is 0 Å². The number of carbonyl (C=O) groups excluding carboxylic acids is 2. The second-order valence-electron chi connectivity index (χ2n) is 15.9. The molecule has 0 aromatic carbocycles. The van der Waals surface area contributed by atoms with Crippen molar-refractivity contribution >= 4 is 19.8 Å². The van der Waals surface area contributed by atoms with Gasteiger partial charge in [0.25, 0.3) is 0 Å². The van der Waals surface area contributed by atoms with Crippen LogP contribution in [0.25, 0.3) is 0 Å². The minimum atomic E-state index is -5.15. The van der Waals surface area contributed by atoms with E-state index in [1.165, 1.54) is 38.5 Å². The molecule has 2 fully saturated rings. The fraction of sp³-hybridized carbons (Fsp3) is 0.702. The Morgan fingerprint density at radius 3 is 1.65 bits per heavy atom. The third-order valence-electron chi connectivity index (χ3n) is 10.4. The molecular weight excluding hydrogens is 819 g/mol. The van der Waals surface area contributed by atoms with Crippen LogP contribution in [0, 0.1) is 0 Å². The van der Waals surface area contributed by atoms with Crippen molar-refractivity contribution in [3.63, 3.8) is 0 Å². The Labute approximate surface area is 370 Å². The number of epoxide rings is 1. The van der Waals surface area contributed by atoms with Crippen LogP contribution in [0.3, 0.4) is 0 Å². The molecule has 10 atom stereocenters. The second-order valence-corrected chi connectivity index (χ2v) is 17.3. The first kappa shape index (κ1) is 55.4. The van der Waals surface area contributed by atoms with Crippen LogP contribution in [0.15, 0.2) is 72.9 Å². The van der Waals surface area contributed by atoms with Gasteiger partial charge in [-0.3, -0.25) is 18.6 Å². The third-order valence-corrected chi connectivity index (χ3v) is 11.4. The van der Waals surface area contributed by atoms with Gasteiger partial charge in [0.1, 0.15) is 43.2 Å². The smallest absolute Gasteiger partial charge is 0.462 e. The van der Waals surface area contributed by atoms with Gasteiger partial charge in [0.05, 0.1) is 18.8 Å². The van der Waals surface area contributed by atoms with Gasteiger partial charge in [0.2, 0.25) is 0 Å². The SMILES string of the molecule is CCCCC/C=C\C/C=C\C/C=C\CCCCC(=O)OC[C@H](COP(=O)(O)OC1[C@H](O)[C@H](O)C(O)[C@H](O)[C@H]1O)OC(=O)CCC/C=C\C/C=C\C/C=C\CC1OC1CCCCC. The minimum Gasteiger partial charge on any atom is -0.462 e.